The first-order chi connectivity index (χ1) is 28.4. The van der Waals surface area contributed by atoms with E-state index in [1.807, 2.05) is 0 Å². The van der Waals surface area contributed by atoms with Crippen LogP contribution in [0, 0.1) is 29.2 Å². The van der Waals surface area contributed by atoms with Crippen molar-refractivity contribution >= 4 is 23.4 Å². The minimum absolute atomic E-state index is 0.144. The third-order valence-corrected chi connectivity index (χ3v) is 8.23. The van der Waals surface area contributed by atoms with Crippen molar-refractivity contribution in [1.82, 2.24) is 15.6 Å². The number of aromatic nitrogens is 1. The summed E-state index contributed by atoms with van der Waals surface area (Å²) < 4.78 is 95.3. The number of hydrogen-bond acceptors (Lipinski definition) is 10. The molecule has 0 radical (unpaired) electrons. The number of halogens is 6. The highest BCUT2D eigenvalue weighted by molar-refractivity contribution is 5.98. The van der Waals surface area contributed by atoms with Gasteiger partial charge in [0.1, 0.15) is 37.9 Å². The second-order valence-electron chi connectivity index (χ2n) is 12.6. The van der Waals surface area contributed by atoms with E-state index in [0.29, 0.717) is 44.5 Å². The van der Waals surface area contributed by atoms with Gasteiger partial charge in [0.15, 0.2) is 46.3 Å². The fraction of sp³-hybridized carbons (Fsp3) is 0.341. The number of nitrogens with two attached hydrogens (primary N) is 2. The lowest BCUT2D eigenvalue weighted by Crippen LogP contribution is -2.43. The van der Waals surface area contributed by atoms with Crippen molar-refractivity contribution in [3.63, 3.8) is 0 Å². The van der Waals surface area contributed by atoms with E-state index in [2.05, 4.69) is 15.6 Å². The molecule has 2 amide bonds. The Hall–Kier alpha value is -6.01. The van der Waals surface area contributed by atoms with E-state index in [0.717, 1.165) is 30.3 Å². The summed E-state index contributed by atoms with van der Waals surface area (Å²) in [6.45, 7) is -1.27. The number of nitrogens with one attached hydrogen (secondary N) is 2. The van der Waals surface area contributed by atoms with Gasteiger partial charge in [-0.3, -0.25) is 19.2 Å². The zero-order valence-electron chi connectivity index (χ0n) is 31.9. The summed E-state index contributed by atoms with van der Waals surface area (Å²) >= 11 is 0. The summed E-state index contributed by atoms with van der Waals surface area (Å²) in [5, 5.41) is 5.07. The number of rotatable bonds is 23. The monoisotopic (exact) mass is 833 g/mol. The number of ether oxygens (including phenoxy) is 3. The molecule has 6 N–H and O–H groups in total. The maximum Gasteiger partial charge on any atom is 0.270 e. The van der Waals surface area contributed by atoms with Crippen LogP contribution in [-0.4, -0.2) is 80.0 Å². The summed E-state index contributed by atoms with van der Waals surface area (Å²) in [6, 6.07) is 14.2. The number of unbranched alkanes of at least 4 members (excludes halogenated alkanes) is 2. The lowest BCUT2D eigenvalue weighted by atomic mass is 10.0. The minimum Gasteiger partial charge on any atom is -0.491 e. The van der Waals surface area contributed by atoms with Crippen molar-refractivity contribution in [3.8, 4) is 17.2 Å². The fourth-order valence-electron chi connectivity index (χ4n) is 5.23. The summed E-state index contributed by atoms with van der Waals surface area (Å²) in [5.41, 5.74) is 10.9. The van der Waals surface area contributed by atoms with Crippen molar-refractivity contribution < 1.29 is 59.7 Å². The van der Waals surface area contributed by atoms with Crippen LogP contribution in [0.25, 0.3) is 0 Å². The Labute approximate surface area is 336 Å². The van der Waals surface area contributed by atoms with Gasteiger partial charge in [0.05, 0.1) is 12.1 Å². The molecular formula is C41H45F6N5O7. The highest BCUT2D eigenvalue weighted by Crippen LogP contribution is 2.22. The molecule has 4 aromatic rings. The van der Waals surface area contributed by atoms with Gasteiger partial charge in [-0.2, -0.15) is 4.39 Å². The molecule has 0 bridgehead atoms. The SMILES string of the molecule is NCCCCC(NC(=O)c1cccc(F)n1)C(=O)COc1c(F)cccc1F.NCCCCC(NC(=O)c1cccc(OCCF)c1)C(=O)COc1c(F)cccc1F. The lowest BCUT2D eigenvalue weighted by Gasteiger charge is -2.18. The first kappa shape index (κ1) is 47.4. The number of Topliss-reactive ketones (excluding diaryl/α,β-unsaturated/α-hetero) is 2. The first-order valence-corrected chi connectivity index (χ1v) is 18.5. The summed E-state index contributed by atoms with van der Waals surface area (Å²) in [4.78, 5) is 53.4. The zero-order chi connectivity index (χ0) is 43.2. The molecule has 0 saturated carbocycles. The third kappa shape index (κ3) is 16.0. The average molecular weight is 834 g/mol. The highest BCUT2D eigenvalue weighted by Gasteiger charge is 2.25. The molecule has 4 rings (SSSR count). The number of amides is 2. The smallest absolute Gasteiger partial charge is 0.270 e. The average Bonchev–Trinajstić information content (AvgIpc) is 3.22. The Kier molecular flexibility index (Phi) is 20.4. The third-order valence-electron chi connectivity index (χ3n) is 8.23. The molecule has 59 heavy (non-hydrogen) atoms. The number of para-hydroxylation sites is 2. The predicted octanol–water partition coefficient (Wildman–Crippen LogP) is 5.56. The van der Waals surface area contributed by atoms with Crippen molar-refractivity contribution in [2.24, 2.45) is 11.5 Å². The van der Waals surface area contributed by atoms with Gasteiger partial charge in [0, 0.05) is 5.56 Å². The molecule has 2 unspecified atom stereocenters. The van der Waals surface area contributed by atoms with Crippen molar-refractivity contribution in [1.29, 1.82) is 0 Å². The van der Waals surface area contributed by atoms with Gasteiger partial charge in [-0.05, 0) is 106 Å². The van der Waals surface area contributed by atoms with Crippen molar-refractivity contribution in [2.75, 3.05) is 39.6 Å². The van der Waals surface area contributed by atoms with Crippen LogP contribution in [0.15, 0.2) is 78.9 Å². The van der Waals surface area contributed by atoms with E-state index >= 15 is 0 Å². The van der Waals surface area contributed by atoms with Gasteiger partial charge < -0.3 is 36.3 Å². The minimum atomic E-state index is -1.00. The Morgan fingerprint density at radius 3 is 1.56 bits per heavy atom. The molecule has 0 aliphatic carbocycles. The normalized spacial score (nSPS) is 11.7. The Balaban J connectivity index is 0.000000317. The van der Waals surface area contributed by atoms with E-state index < -0.39 is 96.1 Å². The molecule has 318 valence electrons. The van der Waals surface area contributed by atoms with E-state index in [9.17, 15) is 45.5 Å². The molecule has 12 nitrogen and oxygen atoms in total. The van der Waals surface area contributed by atoms with Crippen LogP contribution in [-0.2, 0) is 9.59 Å². The van der Waals surface area contributed by atoms with E-state index in [4.69, 9.17) is 25.7 Å². The largest absolute Gasteiger partial charge is 0.491 e. The molecule has 0 aliphatic heterocycles. The van der Waals surface area contributed by atoms with Gasteiger partial charge in [-0.25, -0.2) is 26.9 Å². The first-order valence-electron chi connectivity index (χ1n) is 18.5. The summed E-state index contributed by atoms with van der Waals surface area (Å²) in [5.74, 6) is -8.02. The van der Waals surface area contributed by atoms with E-state index in [-0.39, 0.29) is 30.7 Å². The molecule has 0 saturated heterocycles. The number of hydrogen-bond donors (Lipinski definition) is 4. The summed E-state index contributed by atoms with van der Waals surface area (Å²) in [6.07, 6.45) is 2.84. The van der Waals surface area contributed by atoms with Gasteiger partial charge in [0.2, 0.25) is 5.95 Å². The number of alkyl halides is 1. The van der Waals surface area contributed by atoms with Gasteiger partial charge in [0.25, 0.3) is 11.8 Å². The topological polar surface area (TPSA) is 185 Å². The molecular weight excluding hydrogens is 788 g/mol. The molecule has 18 heteroatoms. The second kappa shape index (κ2) is 25.4. The molecule has 0 fully saturated rings. The van der Waals surface area contributed by atoms with Crippen molar-refractivity contribution in [3.05, 3.63) is 119 Å². The molecule has 2 atom stereocenters. The molecule has 0 aliphatic rings. The summed E-state index contributed by atoms with van der Waals surface area (Å²) in [7, 11) is 0. The van der Waals surface area contributed by atoms with Crippen LogP contribution in [0.1, 0.15) is 59.4 Å². The quantitative estimate of drug-likeness (QED) is 0.0419. The standard InChI is InChI=1S/C22H25F3N2O4.C19H20F3N3O3/c23-10-12-30-16-6-3-5-15(13-16)22(29)27-19(9-1-2-11-26)20(28)14-31-21-17(24)7-4-8-18(21)25;20-12-5-3-6-13(21)18(12)28-11-16(26)14(7-1-2-10-23)25-19(27)15-8-4-9-17(22)24-15/h3-8,13,19H,1-2,9-12,14,26H2,(H,27,29);3-6,8-9,14H,1-2,7,10-11,23H2,(H,25,27). The fourth-order valence-corrected chi connectivity index (χ4v) is 5.23. The molecule has 1 heterocycles. The predicted molar refractivity (Wildman–Crippen MR) is 204 cm³/mol. The van der Waals surface area contributed by atoms with Crippen molar-refractivity contribution in [2.45, 2.75) is 50.6 Å². The second-order valence-corrected chi connectivity index (χ2v) is 12.6. The highest BCUT2D eigenvalue weighted by atomic mass is 19.2. The van der Waals surface area contributed by atoms with Gasteiger partial charge >= 0.3 is 0 Å². The maximum atomic E-state index is 13.7. The van der Waals surface area contributed by atoms with Crippen LogP contribution in [0.4, 0.5) is 26.3 Å². The number of nitrogens with zero attached hydrogens (tertiary/aromatic N) is 1. The maximum absolute atomic E-state index is 13.7. The molecule has 3 aromatic carbocycles. The lowest BCUT2D eigenvalue weighted by molar-refractivity contribution is -0.123. The number of pyridine rings is 1. The molecule has 0 spiro atoms. The molecule has 1 aromatic heterocycles. The number of carbonyl (C=O) groups excluding carboxylic acids is 4. The van der Waals surface area contributed by atoms with Crippen LogP contribution in [0.5, 0.6) is 17.2 Å². The van der Waals surface area contributed by atoms with Crippen LogP contribution < -0.4 is 36.3 Å². The number of ketones is 2. The van der Waals surface area contributed by atoms with E-state index in [1.165, 1.54) is 36.4 Å². The zero-order valence-corrected chi connectivity index (χ0v) is 31.9. The Bertz CT molecular complexity index is 1950. The van der Waals surface area contributed by atoms with Gasteiger partial charge in [-0.1, -0.05) is 24.3 Å². The van der Waals surface area contributed by atoms with Crippen LogP contribution in [0.2, 0.25) is 0 Å². The Morgan fingerprint density at radius 2 is 1.08 bits per heavy atom. The number of carbonyl (C=O) groups is 4. The van der Waals surface area contributed by atoms with E-state index in [1.54, 1.807) is 12.1 Å². The van der Waals surface area contributed by atoms with Crippen LogP contribution >= 0.6 is 0 Å². The number of benzene rings is 3. The Morgan fingerprint density at radius 1 is 0.610 bits per heavy atom. The van der Waals surface area contributed by atoms with Gasteiger partial charge in [-0.15, -0.1) is 0 Å². The van der Waals surface area contributed by atoms with Crippen LogP contribution in [0.3, 0.4) is 0 Å².